The van der Waals surface area contributed by atoms with Gasteiger partial charge >= 0.3 is 5.97 Å². The summed E-state index contributed by atoms with van der Waals surface area (Å²) >= 11 is 0. The number of para-hydroxylation sites is 1. The first kappa shape index (κ1) is 21.1. The van der Waals surface area contributed by atoms with Crippen LogP contribution in [0.3, 0.4) is 0 Å². The molecule has 2 aromatic heterocycles. The van der Waals surface area contributed by atoms with E-state index < -0.39 is 6.10 Å². The van der Waals surface area contributed by atoms with E-state index in [0.717, 1.165) is 65.6 Å². The minimum absolute atomic E-state index is 0.249. The summed E-state index contributed by atoms with van der Waals surface area (Å²) < 4.78 is 16.8. The number of nitrogens with zero attached hydrogens (tertiary/aromatic N) is 3. The van der Waals surface area contributed by atoms with Crippen molar-refractivity contribution in [2.45, 2.75) is 45.1 Å². The van der Waals surface area contributed by atoms with Crippen molar-refractivity contribution in [2.75, 3.05) is 7.11 Å². The second-order valence-corrected chi connectivity index (χ2v) is 8.21. The summed E-state index contributed by atoms with van der Waals surface area (Å²) in [5, 5.41) is 9.05. The number of aromatic nitrogens is 3. The Bertz CT molecular complexity index is 1300. The number of benzene rings is 2. The molecule has 0 radical (unpaired) electrons. The van der Waals surface area contributed by atoms with Gasteiger partial charge in [-0.1, -0.05) is 24.6 Å². The fourth-order valence-corrected chi connectivity index (χ4v) is 4.30. The van der Waals surface area contributed by atoms with Crippen molar-refractivity contribution in [1.29, 1.82) is 0 Å². The lowest BCUT2D eigenvalue weighted by atomic mass is 9.97. The molecule has 1 aliphatic rings. The topological polar surface area (TPSA) is 87.3 Å². The normalized spacial score (nSPS) is 14.4. The summed E-state index contributed by atoms with van der Waals surface area (Å²) in [6.07, 6.45) is 4.27. The third kappa shape index (κ3) is 4.18. The van der Waals surface area contributed by atoms with Crippen molar-refractivity contribution < 1.29 is 18.7 Å². The fourth-order valence-electron chi connectivity index (χ4n) is 4.30. The van der Waals surface area contributed by atoms with E-state index in [9.17, 15) is 4.79 Å². The van der Waals surface area contributed by atoms with E-state index in [2.05, 4.69) is 10.2 Å². The van der Waals surface area contributed by atoms with Gasteiger partial charge in [0.2, 0.25) is 5.89 Å². The Labute approximate surface area is 191 Å². The molecule has 7 heteroatoms. The van der Waals surface area contributed by atoms with Crippen LogP contribution in [0.5, 0.6) is 5.75 Å². The molecule has 0 saturated carbocycles. The molecular formula is C26H25N3O4. The number of rotatable bonds is 5. The lowest BCUT2D eigenvalue weighted by Gasteiger charge is -2.16. The van der Waals surface area contributed by atoms with Crippen molar-refractivity contribution in [3.05, 3.63) is 71.2 Å². The van der Waals surface area contributed by atoms with Crippen LogP contribution in [0.1, 0.15) is 59.8 Å². The Morgan fingerprint density at radius 3 is 2.61 bits per heavy atom. The first-order valence-electron chi connectivity index (χ1n) is 11.2. The molecule has 0 N–H and O–H groups in total. The highest BCUT2D eigenvalue weighted by atomic mass is 16.6. The quantitative estimate of drug-likeness (QED) is 0.298. The first-order chi connectivity index (χ1) is 16.1. The number of ether oxygens (including phenoxy) is 2. The third-order valence-electron chi connectivity index (χ3n) is 6.03. The molecule has 4 aromatic rings. The summed E-state index contributed by atoms with van der Waals surface area (Å²) in [6, 6.07) is 15.1. The summed E-state index contributed by atoms with van der Waals surface area (Å²) in [4.78, 5) is 18.3. The van der Waals surface area contributed by atoms with Crippen LogP contribution in [0, 0.1) is 0 Å². The number of fused-ring (bicyclic) bond motifs is 2. The van der Waals surface area contributed by atoms with Gasteiger partial charge in [0.05, 0.1) is 18.2 Å². The van der Waals surface area contributed by atoms with E-state index in [0.29, 0.717) is 11.5 Å². The largest absolute Gasteiger partial charge is 0.497 e. The number of carbonyl (C=O) groups excluding carboxylic acids is 1. The summed E-state index contributed by atoms with van der Waals surface area (Å²) in [7, 11) is 1.61. The molecule has 7 nitrogen and oxygen atoms in total. The van der Waals surface area contributed by atoms with Gasteiger partial charge < -0.3 is 13.9 Å². The maximum absolute atomic E-state index is 13.4. The second-order valence-electron chi connectivity index (χ2n) is 8.21. The molecule has 1 aliphatic carbocycles. The van der Waals surface area contributed by atoms with Crippen LogP contribution >= 0.6 is 0 Å². The molecular weight excluding hydrogens is 418 g/mol. The van der Waals surface area contributed by atoms with Gasteiger partial charge in [-0.25, -0.2) is 4.79 Å². The zero-order valence-electron chi connectivity index (χ0n) is 18.7. The van der Waals surface area contributed by atoms with Crippen LogP contribution in [0.4, 0.5) is 0 Å². The van der Waals surface area contributed by atoms with Gasteiger partial charge in [-0.15, -0.1) is 10.2 Å². The van der Waals surface area contributed by atoms with Crippen molar-refractivity contribution in [3.63, 3.8) is 0 Å². The molecule has 0 aliphatic heterocycles. The molecule has 0 fully saturated rings. The lowest BCUT2D eigenvalue weighted by Crippen LogP contribution is -2.14. The highest BCUT2D eigenvalue weighted by Gasteiger charge is 2.26. The molecule has 1 atom stereocenters. The minimum Gasteiger partial charge on any atom is -0.497 e. The van der Waals surface area contributed by atoms with Crippen molar-refractivity contribution in [3.8, 4) is 17.2 Å². The van der Waals surface area contributed by atoms with Crippen LogP contribution in [0.15, 0.2) is 52.9 Å². The second kappa shape index (κ2) is 9.02. The van der Waals surface area contributed by atoms with E-state index in [4.69, 9.17) is 18.9 Å². The zero-order chi connectivity index (χ0) is 22.8. The predicted molar refractivity (Wildman–Crippen MR) is 123 cm³/mol. The summed E-state index contributed by atoms with van der Waals surface area (Å²) in [5.41, 5.74) is 4.20. The van der Waals surface area contributed by atoms with Gasteiger partial charge in [-0.3, -0.25) is 4.98 Å². The van der Waals surface area contributed by atoms with Crippen molar-refractivity contribution >= 4 is 16.9 Å². The third-order valence-corrected chi connectivity index (χ3v) is 6.03. The van der Waals surface area contributed by atoms with Crippen LogP contribution in [0.2, 0.25) is 0 Å². The van der Waals surface area contributed by atoms with Gasteiger partial charge in [0.1, 0.15) is 5.75 Å². The first-order valence-corrected chi connectivity index (χ1v) is 11.2. The Balaban J connectivity index is 1.43. The van der Waals surface area contributed by atoms with E-state index in [1.807, 2.05) is 48.5 Å². The number of hydrogen-bond donors (Lipinski definition) is 0. The van der Waals surface area contributed by atoms with Crippen LogP contribution in [0.25, 0.3) is 22.4 Å². The molecule has 168 valence electrons. The van der Waals surface area contributed by atoms with Gasteiger partial charge in [0.25, 0.3) is 5.89 Å². The monoisotopic (exact) mass is 443 g/mol. The molecule has 0 saturated heterocycles. The number of hydrogen-bond acceptors (Lipinski definition) is 7. The molecule has 0 amide bonds. The van der Waals surface area contributed by atoms with E-state index in [1.165, 1.54) is 0 Å². The number of esters is 1. The maximum Gasteiger partial charge on any atom is 0.339 e. The predicted octanol–water partition coefficient (Wildman–Crippen LogP) is 5.48. The van der Waals surface area contributed by atoms with E-state index >= 15 is 0 Å². The smallest absolute Gasteiger partial charge is 0.339 e. The highest BCUT2D eigenvalue weighted by molar-refractivity contribution is 6.05. The number of aryl methyl sites for hydroxylation is 1. The van der Waals surface area contributed by atoms with E-state index in [-0.39, 0.29) is 11.9 Å². The average molecular weight is 444 g/mol. The molecule has 5 rings (SSSR count). The lowest BCUT2D eigenvalue weighted by molar-refractivity contribution is 0.0280. The molecule has 0 unspecified atom stereocenters. The summed E-state index contributed by atoms with van der Waals surface area (Å²) in [6.45, 7) is 1.74. The maximum atomic E-state index is 13.4. The molecule has 2 aromatic carbocycles. The van der Waals surface area contributed by atoms with Gasteiger partial charge in [0.15, 0.2) is 6.10 Å². The number of carbonyl (C=O) groups is 1. The zero-order valence-corrected chi connectivity index (χ0v) is 18.7. The van der Waals surface area contributed by atoms with Crippen molar-refractivity contribution in [1.82, 2.24) is 15.2 Å². The van der Waals surface area contributed by atoms with Crippen LogP contribution < -0.4 is 4.74 Å². The summed E-state index contributed by atoms with van der Waals surface area (Å²) in [5.74, 6) is 0.963. The Morgan fingerprint density at radius 2 is 1.79 bits per heavy atom. The number of methoxy groups -OCH3 is 1. The Morgan fingerprint density at radius 1 is 1.00 bits per heavy atom. The van der Waals surface area contributed by atoms with Gasteiger partial charge in [0, 0.05) is 16.6 Å². The fraction of sp³-hybridized carbons (Fsp3) is 0.308. The standard InChI is InChI=1S/C26H25N3O4/c1-16(24-28-29-25(33-24)17-12-14-18(31-2)15-13-17)32-26(30)23-19-8-4-3-5-10-21(19)27-22-11-7-6-9-20(22)23/h6-7,9,11-16H,3-5,8,10H2,1-2H3/t16-/m0/s1. The van der Waals surface area contributed by atoms with Gasteiger partial charge in [-0.05, 0) is 68.5 Å². The molecule has 33 heavy (non-hydrogen) atoms. The highest BCUT2D eigenvalue weighted by Crippen LogP contribution is 2.31. The Hall–Kier alpha value is -3.74. The van der Waals surface area contributed by atoms with Gasteiger partial charge in [-0.2, -0.15) is 0 Å². The van der Waals surface area contributed by atoms with Crippen LogP contribution in [-0.4, -0.2) is 28.3 Å². The number of pyridine rings is 1. The average Bonchev–Trinajstić information content (AvgIpc) is 3.23. The van der Waals surface area contributed by atoms with Crippen molar-refractivity contribution in [2.24, 2.45) is 0 Å². The van der Waals surface area contributed by atoms with E-state index in [1.54, 1.807) is 14.0 Å². The molecule has 0 bridgehead atoms. The SMILES string of the molecule is COc1ccc(-c2nnc([C@H](C)OC(=O)c3c4c(nc5ccccc35)CCCCC4)o2)cc1. The van der Waals surface area contributed by atoms with Crippen LogP contribution in [-0.2, 0) is 17.6 Å². The minimum atomic E-state index is -0.689. The molecule has 2 heterocycles. The molecule has 0 spiro atoms. The Kier molecular flexibility index (Phi) is 5.77.